The zero-order valence-electron chi connectivity index (χ0n) is 11.7. The summed E-state index contributed by atoms with van der Waals surface area (Å²) < 4.78 is 36.9. The van der Waals surface area contributed by atoms with Gasteiger partial charge in [-0.15, -0.1) is 11.8 Å². The smallest absolute Gasteiger partial charge is 0.391 e. The van der Waals surface area contributed by atoms with Crippen LogP contribution in [0.25, 0.3) is 0 Å². The van der Waals surface area contributed by atoms with E-state index in [0.29, 0.717) is 14.9 Å². The number of amides is 1. The molecular weight excluding hydrogens is 378 g/mol. The maximum absolute atomic E-state index is 12.3. The van der Waals surface area contributed by atoms with Crippen molar-refractivity contribution < 1.29 is 27.9 Å². The quantitative estimate of drug-likeness (QED) is 0.721. The summed E-state index contributed by atoms with van der Waals surface area (Å²) in [7, 11) is 0. The lowest BCUT2D eigenvalue weighted by atomic mass is 10.2. The summed E-state index contributed by atoms with van der Waals surface area (Å²) in [5, 5.41) is 10.5. The van der Waals surface area contributed by atoms with Gasteiger partial charge in [0.25, 0.3) is 0 Å². The van der Waals surface area contributed by atoms with Crippen molar-refractivity contribution in [3.8, 4) is 0 Å². The minimum Gasteiger partial charge on any atom is -0.480 e. The van der Waals surface area contributed by atoms with E-state index in [2.05, 4.69) is 0 Å². The summed E-state index contributed by atoms with van der Waals surface area (Å²) in [5.74, 6) is -2.60. The zero-order valence-corrected chi connectivity index (χ0v) is 14.0. The maximum Gasteiger partial charge on any atom is 0.391 e. The molecule has 2 atom stereocenters. The maximum atomic E-state index is 12.3. The molecule has 10 heteroatoms. The third-order valence-electron chi connectivity index (χ3n) is 2.62. The fourth-order valence-corrected chi connectivity index (χ4v) is 2.95. The number of thioether (sulfide) groups is 1. The van der Waals surface area contributed by atoms with Crippen LogP contribution in [0, 0.1) is 0 Å². The molecule has 0 aliphatic rings. The molecule has 128 valence electrons. The fourth-order valence-electron chi connectivity index (χ4n) is 1.53. The number of halogens is 5. The van der Waals surface area contributed by atoms with Gasteiger partial charge in [-0.1, -0.05) is 23.2 Å². The molecule has 2 unspecified atom stereocenters. The Bertz CT molecular complexity index is 598. The number of carboxylic acid groups (broad SMARTS) is 1. The van der Waals surface area contributed by atoms with Crippen LogP contribution in [-0.4, -0.2) is 34.5 Å². The summed E-state index contributed by atoms with van der Waals surface area (Å²) in [4.78, 5) is 23.2. The van der Waals surface area contributed by atoms with Gasteiger partial charge in [-0.2, -0.15) is 13.2 Å². The predicted octanol–water partition coefficient (Wildman–Crippen LogP) is 4.00. The summed E-state index contributed by atoms with van der Waals surface area (Å²) in [5.41, 5.74) is 0. The molecule has 0 heterocycles. The molecule has 23 heavy (non-hydrogen) atoms. The van der Waals surface area contributed by atoms with E-state index in [0.717, 1.165) is 11.8 Å². The lowest BCUT2D eigenvalue weighted by molar-refractivity contribution is -0.159. The number of carbonyl (C=O) groups excluding carboxylic acids is 1. The lowest BCUT2D eigenvalue weighted by Gasteiger charge is -2.19. The number of hydrogen-bond acceptors (Lipinski definition) is 3. The molecular formula is C13H12Cl2F3NO3S. The Hall–Kier alpha value is -1.12. The Morgan fingerprint density at radius 1 is 1.35 bits per heavy atom. The second-order valence-electron chi connectivity index (χ2n) is 4.55. The van der Waals surface area contributed by atoms with Crippen LogP contribution in [0.4, 0.5) is 13.2 Å². The number of benzene rings is 1. The van der Waals surface area contributed by atoms with Crippen molar-refractivity contribution in [2.24, 2.45) is 0 Å². The van der Waals surface area contributed by atoms with Gasteiger partial charge >= 0.3 is 12.1 Å². The molecule has 1 aromatic carbocycles. The van der Waals surface area contributed by atoms with Crippen LogP contribution < -0.4 is 5.32 Å². The molecule has 0 saturated carbocycles. The number of hydrogen-bond donors (Lipinski definition) is 2. The normalized spacial score (nSPS) is 14.2. The average molecular weight is 390 g/mol. The minimum absolute atomic E-state index is 0.323. The van der Waals surface area contributed by atoms with E-state index in [-0.39, 0.29) is 0 Å². The Labute approximate surface area is 144 Å². The first-order valence-corrected chi connectivity index (χ1v) is 7.85. The van der Waals surface area contributed by atoms with Gasteiger partial charge in [-0.05, 0) is 25.1 Å². The van der Waals surface area contributed by atoms with Crippen LogP contribution in [-0.2, 0) is 9.59 Å². The van der Waals surface area contributed by atoms with Gasteiger partial charge in [0.1, 0.15) is 6.04 Å². The number of alkyl halides is 3. The first kappa shape index (κ1) is 19.9. The van der Waals surface area contributed by atoms with Gasteiger partial charge in [-0.25, -0.2) is 4.79 Å². The van der Waals surface area contributed by atoms with Crippen molar-refractivity contribution in [2.45, 2.75) is 35.7 Å². The lowest BCUT2D eigenvalue weighted by Crippen LogP contribution is -2.46. The number of rotatable bonds is 6. The molecule has 1 rings (SSSR count). The molecule has 0 aliphatic carbocycles. The summed E-state index contributed by atoms with van der Waals surface area (Å²) in [6, 6.07) is 2.52. The van der Waals surface area contributed by atoms with Crippen LogP contribution in [0.3, 0.4) is 0 Å². The third kappa shape index (κ3) is 6.88. The van der Waals surface area contributed by atoms with Crippen molar-refractivity contribution in [2.75, 3.05) is 0 Å². The molecule has 0 aromatic heterocycles. The van der Waals surface area contributed by atoms with E-state index in [1.807, 2.05) is 5.32 Å². The molecule has 0 radical (unpaired) electrons. The van der Waals surface area contributed by atoms with Gasteiger partial charge in [0.05, 0.1) is 16.7 Å². The number of nitrogens with one attached hydrogen (secondary N) is 1. The number of carboxylic acids is 1. The van der Waals surface area contributed by atoms with E-state index in [4.69, 9.17) is 28.3 Å². The minimum atomic E-state index is -4.71. The second-order valence-corrected chi connectivity index (χ2v) is 6.78. The Balaban J connectivity index is 2.75. The monoisotopic (exact) mass is 389 g/mol. The molecule has 0 fully saturated rings. The van der Waals surface area contributed by atoms with E-state index in [9.17, 15) is 22.8 Å². The topological polar surface area (TPSA) is 66.4 Å². The Morgan fingerprint density at radius 3 is 2.48 bits per heavy atom. The van der Waals surface area contributed by atoms with Crippen LogP contribution in [0.5, 0.6) is 0 Å². The van der Waals surface area contributed by atoms with Crippen LogP contribution in [0.2, 0.25) is 10.0 Å². The molecule has 4 nitrogen and oxygen atoms in total. The van der Waals surface area contributed by atoms with E-state index in [1.165, 1.54) is 19.1 Å². The van der Waals surface area contributed by atoms with Gasteiger partial charge in [0, 0.05) is 9.92 Å². The highest BCUT2D eigenvalue weighted by atomic mass is 35.5. The summed E-state index contributed by atoms with van der Waals surface area (Å²) in [6.45, 7) is 1.42. The van der Waals surface area contributed by atoms with E-state index < -0.39 is 35.8 Å². The summed E-state index contributed by atoms with van der Waals surface area (Å²) >= 11 is 12.7. The van der Waals surface area contributed by atoms with Crippen molar-refractivity contribution in [3.05, 3.63) is 28.2 Å². The van der Waals surface area contributed by atoms with Gasteiger partial charge in [-0.3, -0.25) is 4.79 Å². The molecule has 0 aliphatic heterocycles. The van der Waals surface area contributed by atoms with Gasteiger partial charge in [0.15, 0.2) is 0 Å². The molecule has 0 spiro atoms. The highest BCUT2D eigenvalue weighted by Gasteiger charge is 2.36. The average Bonchev–Trinajstić information content (AvgIpc) is 2.40. The molecule has 2 N–H and O–H groups in total. The van der Waals surface area contributed by atoms with Gasteiger partial charge in [0.2, 0.25) is 5.91 Å². The zero-order chi connectivity index (χ0) is 17.8. The van der Waals surface area contributed by atoms with Crippen molar-refractivity contribution in [1.82, 2.24) is 5.32 Å². The van der Waals surface area contributed by atoms with Crippen molar-refractivity contribution in [1.29, 1.82) is 0 Å². The molecule has 0 saturated heterocycles. The third-order valence-corrected chi connectivity index (χ3v) is 4.45. The Kier molecular flexibility index (Phi) is 7.03. The van der Waals surface area contributed by atoms with Crippen molar-refractivity contribution in [3.63, 3.8) is 0 Å². The SMILES string of the molecule is CC(Sc1cc(Cl)ccc1Cl)C(=O)NC(CC(F)(F)F)C(=O)O. The second kappa shape index (κ2) is 8.12. The Morgan fingerprint density at radius 2 is 1.96 bits per heavy atom. The standard InChI is InChI=1S/C13H12Cl2F3NO3S/c1-6(23-10-4-7(14)2-3-8(10)15)11(20)19-9(12(21)22)5-13(16,17)18/h2-4,6,9H,5H2,1H3,(H,19,20)(H,21,22). The predicted molar refractivity (Wildman–Crippen MR) is 82.0 cm³/mol. The van der Waals surface area contributed by atoms with Crippen molar-refractivity contribution >= 4 is 46.8 Å². The fraction of sp³-hybridized carbons (Fsp3) is 0.385. The first-order chi connectivity index (χ1) is 10.5. The first-order valence-electron chi connectivity index (χ1n) is 6.21. The number of carbonyl (C=O) groups is 2. The van der Waals surface area contributed by atoms with Crippen LogP contribution in [0.1, 0.15) is 13.3 Å². The molecule has 0 bridgehead atoms. The highest BCUT2D eigenvalue weighted by molar-refractivity contribution is 8.00. The van der Waals surface area contributed by atoms with Crippen LogP contribution in [0.15, 0.2) is 23.1 Å². The van der Waals surface area contributed by atoms with Crippen LogP contribution >= 0.6 is 35.0 Å². The summed E-state index contributed by atoms with van der Waals surface area (Å²) in [6.07, 6.45) is -6.35. The molecule has 1 amide bonds. The highest BCUT2D eigenvalue weighted by Crippen LogP contribution is 2.32. The number of aliphatic carboxylic acids is 1. The molecule has 1 aromatic rings. The van der Waals surface area contributed by atoms with E-state index in [1.54, 1.807) is 6.07 Å². The van der Waals surface area contributed by atoms with E-state index >= 15 is 0 Å². The van der Waals surface area contributed by atoms with Gasteiger partial charge < -0.3 is 10.4 Å². The largest absolute Gasteiger partial charge is 0.480 e.